The van der Waals surface area contributed by atoms with Crippen LogP contribution in [0.2, 0.25) is 0 Å². The van der Waals surface area contributed by atoms with Gasteiger partial charge in [0.15, 0.2) is 0 Å². The summed E-state index contributed by atoms with van der Waals surface area (Å²) >= 11 is 0. The van der Waals surface area contributed by atoms with Gasteiger partial charge in [-0.05, 0) is 30.5 Å². The molecule has 0 unspecified atom stereocenters. The normalized spacial score (nSPS) is 16.8. The van der Waals surface area contributed by atoms with Gasteiger partial charge in [0.1, 0.15) is 11.8 Å². The van der Waals surface area contributed by atoms with Gasteiger partial charge in [-0.2, -0.15) is 0 Å². The average Bonchev–Trinajstić information content (AvgIpc) is 2.94. The largest absolute Gasteiger partial charge is 0.508 e. The highest BCUT2D eigenvalue weighted by Crippen LogP contribution is 2.24. The van der Waals surface area contributed by atoms with Crippen LogP contribution in [0.5, 0.6) is 5.75 Å². The molecular weight excluding hydrogens is 258 g/mol. The van der Waals surface area contributed by atoms with Crippen molar-refractivity contribution in [3.63, 3.8) is 0 Å². The second-order valence-electron chi connectivity index (χ2n) is 5.25. The topological polar surface area (TPSA) is 86.6 Å². The molecule has 108 valence electrons. The number of carbonyl (C=O) groups is 2. The fourth-order valence-corrected chi connectivity index (χ4v) is 2.55. The Balaban J connectivity index is 1.98. The van der Waals surface area contributed by atoms with E-state index in [4.69, 9.17) is 0 Å². The number of rotatable bonds is 5. The second kappa shape index (κ2) is 6.41. The van der Waals surface area contributed by atoms with Crippen LogP contribution in [-0.4, -0.2) is 28.1 Å². The van der Waals surface area contributed by atoms with Gasteiger partial charge in [-0.15, -0.1) is 0 Å². The minimum absolute atomic E-state index is 0.0448. The smallest absolute Gasteiger partial charge is 0.326 e. The Morgan fingerprint density at radius 1 is 1.20 bits per heavy atom. The minimum Gasteiger partial charge on any atom is -0.508 e. The Bertz CT molecular complexity index is 477. The highest BCUT2D eigenvalue weighted by atomic mass is 16.4. The van der Waals surface area contributed by atoms with Crippen LogP contribution in [0.1, 0.15) is 31.2 Å². The van der Waals surface area contributed by atoms with E-state index in [0.717, 1.165) is 31.2 Å². The van der Waals surface area contributed by atoms with Gasteiger partial charge >= 0.3 is 5.97 Å². The number of phenolic OH excluding ortho intramolecular Hbond substituents is 1. The molecule has 1 aromatic rings. The molecule has 0 radical (unpaired) electrons. The highest BCUT2D eigenvalue weighted by molar-refractivity contribution is 5.85. The van der Waals surface area contributed by atoms with E-state index >= 15 is 0 Å². The molecule has 0 aromatic heterocycles. The molecule has 1 atom stereocenters. The molecule has 5 nitrogen and oxygen atoms in total. The van der Waals surface area contributed by atoms with Crippen molar-refractivity contribution in [1.82, 2.24) is 5.32 Å². The molecule has 0 aliphatic heterocycles. The first-order chi connectivity index (χ1) is 9.56. The molecule has 5 heteroatoms. The Labute approximate surface area is 117 Å². The van der Waals surface area contributed by atoms with Crippen molar-refractivity contribution in [1.29, 1.82) is 0 Å². The monoisotopic (exact) mass is 277 g/mol. The van der Waals surface area contributed by atoms with E-state index in [0.29, 0.717) is 0 Å². The lowest BCUT2D eigenvalue weighted by Gasteiger charge is -2.17. The van der Waals surface area contributed by atoms with Crippen LogP contribution in [-0.2, 0) is 16.0 Å². The molecule has 1 fully saturated rings. The van der Waals surface area contributed by atoms with Gasteiger partial charge in [-0.3, -0.25) is 4.79 Å². The van der Waals surface area contributed by atoms with Crippen molar-refractivity contribution in [3.05, 3.63) is 29.8 Å². The van der Waals surface area contributed by atoms with Crippen LogP contribution in [0, 0.1) is 5.92 Å². The van der Waals surface area contributed by atoms with Crippen molar-refractivity contribution in [3.8, 4) is 5.75 Å². The average molecular weight is 277 g/mol. The molecule has 1 aliphatic rings. The maximum absolute atomic E-state index is 12.0. The Hall–Kier alpha value is -2.04. The second-order valence-corrected chi connectivity index (χ2v) is 5.25. The van der Waals surface area contributed by atoms with Gasteiger partial charge in [0, 0.05) is 12.3 Å². The number of hydrogen-bond acceptors (Lipinski definition) is 3. The summed E-state index contributed by atoms with van der Waals surface area (Å²) in [6.45, 7) is 0. The van der Waals surface area contributed by atoms with Crippen LogP contribution >= 0.6 is 0 Å². The summed E-state index contributed by atoms with van der Waals surface area (Å²) in [5.74, 6) is -1.11. The quantitative estimate of drug-likeness (QED) is 0.764. The number of carboxylic acids is 1. The number of hydrogen-bond donors (Lipinski definition) is 3. The van der Waals surface area contributed by atoms with Crippen molar-refractivity contribution in [2.24, 2.45) is 5.92 Å². The fraction of sp³-hybridized carbons (Fsp3) is 0.467. The number of nitrogens with one attached hydrogen (secondary N) is 1. The first-order valence-corrected chi connectivity index (χ1v) is 6.87. The predicted molar refractivity (Wildman–Crippen MR) is 73.3 cm³/mol. The molecule has 3 N–H and O–H groups in total. The summed E-state index contributed by atoms with van der Waals surface area (Å²) in [6.07, 6.45) is 3.98. The lowest BCUT2D eigenvalue weighted by atomic mass is 10.0. The zero-order valence-corrected chi connectivity index (χ0v) is 11.2. The first kappa shape index (κ1) is 14.4. The van der Waals surface area contributed by atoms with Crippen LogP contribution in [0.25, 0.3) is 0 Å². The van der Waals surface area contributed by atoms with Crippen LogP contribution < -0.4 is 5.32 Å². The molecule has 1 aliphatic carbocycles. The van der Waals surface area contributed by atoms with Crippen molar-refractivity contribution in [2.45, 2.75) is 38.1 Å². The van der Waals surface area contributed by atoms with Gasteiger partial charge in [0.25, 0.3) is 0 Å². The van der Waals surface area contributed by atoms with E-state index in [1.165, 1.54) is 12.1 Å². The van der Waals surface area contributed by atoms with Gasteiger partial charge in [0.2, 0.25) is 5.91 Å². The maximum Gasteiger partial charge on any atom is 0.326 e. The number of phenols is 1. The minimum atomic E-state index is -1.04. The van der Waals surface area contributed by atoms with E-state index in [2.05, 4.69) is 5.32 Å². The van der Waals surface area contributed by atoms with Gasteiger partial charge in [-0.25, -0.2) is 4.79 Å². The van der Waals surface area contributed by atoms with Gasteiger partial charge in [0.05, 0.1) is 0 Å². The molecule has 0 heterocycles. The zero-order chi connectivity index (χ0) is 14.5. The number of aliphatic carboxylic acids is 1. The van der Waals surface area contributed by atoms with Crippen LogP contribution in [0.15, 0.2) is 24.3 Å². The molecule has 20 heavy (non-hydrogen) atoms. The van der Waals surface area contributed by atoms with Gasteiger partial charge in [-0.1, -0.05) is 25.0 Å². The van der Waals surface area contributed by atoms with E-state index in [-0.39, 0.29) is 24.0 Å². The molecule has 0 bridgehead atoms. The van der Waals surface area contributed by atoms with Crippen molar-refractivity contribution >= 4 is 11.9 Å². The number of amides is 1. The molecule has 1 aromatic carbocycles. The standard InChI is InChI=1S/C15H19NO4/c17-12-7-5-10(6-8-12)9-13(15(19)20)16-14(18)11-3-1-2-4-11/h5-8,11,13,17H,1-4,9H2,(H,16,18)(H,19,20)/t13-/m0/s1. The van der Waals surface area contributed by atoms with E-state index in [1.54, 1.807) is 12.1 Å². The summed E-state index contributed by atoms with van der Waals surface area (Å²) in [5, 5.41) is 21.0. The summed E-state index contributed by atoms with van der Waals surface area (Å²) in [7, 11) is 0. The highest BCUT2D eigenvalue weighted by Gasteiger charge is 2.27. The summed E-state index contributed by atoms with van der Waals surface area (Å²) in [6, 6.07) is 5.41. The first-order valence-electron chi connectivity index (χ1n) is 6.87. The fourth-order valence-electron chi connectivity index (χ4n) is 2.55. The third-order valence-electron chi connectivity index (χ3n) is 3.72. The number of aromatic hydroxyl groups is 1. The van der Waals surface area contributed by atoms with Gasteiger partial charge < -0.3 is 15.5 Å². The maximum atomic E-state index is 12.0. The molecular formula is C15H19NO4. The third-order valence-corrected chi connectivity index (χ3v) is 3.72. The molecule has 1 saturated carbocycles. The third kappa shape index (κ3) is 3.73. The Morgan fingerprint density at radius 3 is 2.35 bits per heavy atom. The summed E-state index contributed by atoms with van der Waals surface area (Å²) in [5.41, 5.74) is 0.766. The van der Waals surface area contributed by atoms with Crippen molar-refractivity contribution < 1.29 is 19.8 Å². The number of benzene rings is 1. The van der Waals surface area contributed by atoms with Crippen molar-refractivity contribution in [2.75, 3.05) is 0 Å². The predicted octanol–water partition coefficient (Wildman–Crippen LogP) is 1.69. The lowest BCUT2D eigenvalue weighted by Crippen LogP contribution is -2.44. The molecule has 1 amide bonds. The zero-order valence-electron chi connectivity index (χ0n) is 11.2. The number of carbonyl (C=O) groups excluding carboxylic acids is 1. The van der Waals surface area contributed by atoms with E-state index in [9.17, 15) is 19.8 Å². The number of carboxylic acid groups (broad SMARTS) is 1. The molecule has 0 saturated heterocycles. The van der Waals surface area contributed by atoms with E-state index in [1.807, 2.05) is 0 Å². The van der Waals surface area contributed by atoms with E-state index < -0.39 is 12.0 Å². The van der Waals surface area contributed by atoms with Crippen LogP contribution in [0.4, 0.5) is 0 Å². The Morgan fingerprint density at radius 2 is 1.80 bits per heavy atom. The molecule has 0 spiro atoms. The SMILES string of the molecule is O=C(N[C@@H](Cc1ccc(O)cc1)C(=O)O)C1CCCC1. The Kier molecular flexibility index (Phi) is 4.61. The molecule has 2 rings (SSSR count). The van der Waals surface area contributed by atoms with Crippen LogP contribution in [0.3, 0.4) is 0 Å². The summed E-state index contributed by atoms with van der Waals surface area (Å²) < 4.78 is 0. The summed E-state index contributed by atoms with van der Waals surface area (Å²) in [4.78, 5) is 23.2. The lowest BCUT2D eigenvalue weighted by molar-refractivity contribution is -0.142.